The van der Waals surface area contributed by atoms with Gasteiger partial charge in [0, 0.05) is 6.04 Å². The first-order valence-electron chi connectivity index (χ1n) is 5.55. The van der Waals surface area contributed by atoms with E-state index in [1.165, 1.54) is 0 Å². The van der Waals surface area contributed by atoms with Crippen LogP contribution in [0.3, 0.4) is 0 Å². The summed E-state index contributed by atoms with van der Waals surface area (Å²) >= 11 is 0. The molecule has 1 unspecified atom stereocenters. The maximum Gasteiger partial charge on any atom is 0.264 e. The van der Waals surface area contributed by atoms with Crippen molar-refractivity contribution >= 4 is 10.1 Å². The summed E-state index contributed by atoms with van der Waals surface area (Å²) in [6, 6.07) is 0.0269. The van der Waals surface area contributed by atoms with Crippen molar-refractivity contribution in [1.29, 1.82) is 0 Å². The summed E-state index contributed by atoms with van der Waals surface area (Å²) < 4.78 is 31.7. The van der Waals surface area contributed by atoms with Crippen LogP contribution in [-0.4, -0.2) is 43.9 Å². The molecule has 1 atom stereocenters. The third-order valence-corrected chi connectivity index (χ3v) is 2.87. The Labute approximate surface area is 102 Å². The predicted octanol–water partition coefficient (Wildman–Crippen LogP) is 0.174. The summed E-state index contributed by atoms with van der Waals surface area (Å²) in [6.07, 6.45) is 0.809. The van der Waals surface area contributed by atoms with Crippen LogP contribution in [0.1, 0.15) is 33.6 Å². The lowest BCUT2D eigenvalue weighted by Crippen LogP contribution is -2.51. The minimum atomic E-state index is -3.39. The summed E-state index contributed by atoms with van der Waals surface area (Å²) in [5, 5.41) is 12.4. The highest BCUT2D eigenvalue weighted by atomic mass is 32.2. The predicted molar refractivity (Wildman–Crippen MR) is 62.7 cm³/mol. The lowest BCUT2D eigenvalue weighted by molar-refractivity contribution is -0.190. The Morgan fingerprint density at radius 3 is 2.29 bits per heavy atom. The zero-order chi connectivity index (χ0) is 13.3. The van der Waals surface area contributed by atoms with Gasteiger partial charge in [0.25, 0.3) is 10.1 Å². The monoisotopic (exact) mass is 267 g/mol. The number of aliphatic hydroxyl groups excluding tert-OH is 1. The van der Waals surface area contributed by atoms with Crippen molar-refractivity contribution in [2.45, 2.75) is 57.8 Å². The van der Waals surface area contributed by atoms with Gasteiger partial charge in [-0.25, -0.2) is 0 Å². The summed E-state index contributed by atoms with van der Waals surface area (Å²) in [4.78, 5) is 0. The normalized spacial score (nSPS) is 27.6. The first-order chi connectivity index (χ1) is 7.55. The molecular weight excluding hydrogens is 246 g/mol. The molecule has 0 heterocycles. The molecule has 0 spiro atoms. The number of hydrogen-bond acceptors (Lipinski definition) is 6. The minimum Gasteiger partial charge on any atom is -0.356 e. The molecule has 1 aliphatic carbocycles. The molecule has 0 aromatic carbocycles. The number of nitrogens with one attached hydrogen (secondary N) is 1. The Bertz CT molecular complexity index is 342. The van der Waals surface area contributed by atoms with Gasteiger partial charge in [0.15, 0.2) is 0 Å². The molecule has 0 aliphatic heterocycles. The zero-order valence-electron chi connectivity index (χ0n) is 10.6. The van der Waals surface area contributed by atoms with Crippen molar-refractivity contribution in [2.75, 3.05) is 6.26 Å². The fraction of sp³-hybridized carbons (Fsp3) is 1.00. The van der Waals surface area contributed by atoms with Gasteiger partial charge in [-0.05, 0) is 33.6 Å². The van der Waals surface area contributed by atoms with E-state index in [-0.39, 0.29) is 12.1 Å². The standard InChI is InChI=1S/C10H21NO5S/c1-10(2,3)15-9(12)11-7-5-8(6-7)16-17(4,13)14/h7-9,11-12H,5-6H2,1-4H3. The molecule has 0 aromatic rings. The molecule has 7 heteroatoms. The van der Waals surface area contributed by atoms with Crippen LogP contribution in [0.25, 0.3) is 0 Å². The molecule has 0 amide bonds. The maximum absolute atomic E-state index is 10.8. The van der Waals surface area contributed by atoms with E-state index in [2.05, 4.69) is 5.32 Å². The van der Waals surface area contributed by atoms with Gasteiger partial charge in [0.1, 0.15) is 0 Å². The van der Waals surface area contributed by atoms with Crippen LogP contribution in [0.4, 0.5) is 0 Å². The summed E-state index contributed by atoms with van der Waals surface area (Å²) in [7, 11) is -3.39. The van der Waals surface area contributed by atoms with Crippen LogP contribution in [-0.2, 0) is 19.0 Å². The quantitative estimate of drug-likeness (QED) is 0.546. The Morgan fingerprint density at radius 2 is 1.88 bits per heavy atom. The molecule has 0 saturated heterocycles. The van der Waals surface area contributed by atoms with Gasteiger partial charge in [-0.2, -0.15) is 8.42 Å². The summed E-state index contributed by atoms with van der Waals surface area (Å²) in [5.74, 6) is 0. The number of hydrogen-bond donors (Lipinski definition) is 2. The van der Waals surface area contributed by atoms with Crippen molar-refractivity contribution in [3.05, 3.63) is 0 Å². The maximum atomic E-state index is 10.8. The van der Waals surface area contributed by atoms with E-state index in [1.54, 1.807) is 0 Å². The first-order valence-corrected chi connectivity index (χ1v) is 7.37. The first kappa shape index (κ1) is 14.8. The fourth-order valence-electron chi connectivity index (χ4n) is 1.60. The van der Waals surface area contributed by atoms with Crippen LogP contribution in [0.2, 0.25) is 0 Å². The van der Waals surface area contributed by atoms with Gasteiger partial charge in [0.2, 0.25) is 6.41 Å². The molecule has 0 radical (unpaired) electrons. The minimum absolute atomic E-state index is 0.0269. The topological polar surface area (TPSA) is 84.9 Å². The molecule has 1 saturated carbocycles. The number of aliphatic hydroxyl groups is 1. The molecule has 1 fully saturated rings. The van der Waals surface area contributed by atoms with Gasteiger partial charge in [-0.15, -0.1) is 0 Å². The second kappa shape index (κ2) is 5.19. The third-order valence-electron chi connectivity index (χ3n) is 2.25. The van der Waals surface area contributed by atoms with Crippen LogP contribution >= 0.6 is 0 Å². The van der Waals surface area contributed by atoms with E-state index in [9.17, 15) is 13.5 Å². The third kappa shape index (κ3) is 6.32. The fourth-order valence-corrected chi connectivity index (χ4v) is 2.25. The molecule has 102 valence electrons. The lowest BCUT2D eigenvalue weighted by atomic mass is 9.90. The highest BCUT2D eigenvalue weighted by Gasteiger charge is 2.34. The molecule has 6 nitrogen and oxygen atoms in total. The molecule has 0 aromatic heterocycles. The molecule has 17 heavy (non-hydrogen) atoms. The van der Waals surface area contributed by atoms with Crippen LogP contribution in [0.15, 0.2) is 0 Å². The average Bonchev–Trinajstić information content (AvgIpc) is 1.93. The van der Waals surface area contributed by atoms with E-state index in [4.69, 9.17) is 8.92 Å². The molecule has 1 aliphatic rings. The van der Waals surface area contributed by atoms with E-state index in [0.29, 0.717) is 12.8 Å². The van der Waals surface area contributed by atoms with Gasteiger partial charge < -0.3 is 9.84 Å². The highest BCUT2D eigenvalue weighted by molar-refractivity contribution is 7.86. The summed E-state index contributed by atoms with van der Waals surface area (Å²) in [6.45, 7) is 5.52. The zero-order valence-corrected chi connectivity index (χ0v) is 11.5. The number of rotatable bonds is 5. The van der Waals surface area contributed by atoms with Crippen molar-refractivity contribution in [2.24, 2.45) is 0 Å². The van der Waals surface area contributed by atoms with E-state index < -0.39 is 22.1 Å². The molecule has 2 N–H and O–H groups in total. The number of ether oxygens (including phenoxy) is 1. The lowest BCUT2D eigenvalue weighted by Gasteiger charge is -2.37. The van der Waals surface area contributed by atoms with Crippen LogP contribution < -0.4 is 5.32 Å². The van der Waals surface area contributed by atoms with E-state index in [1.807, 2.05) is 20.8 Å². The van der Waals surface area contributed by atoms with Gasteiger partial charge in [0.05, 0.1) is 18.0 Å². The van der Waals surface area contributed by atoms with Crippen molar-refractivity contribution in [3.8, 4) is 0 Å². The van der Waals surface area contributed by atoms with Crippen LogP contribution in [0, 0.1) is 0 Å². The average molecular weight is 267 g/mol. The van der Waals surface area contributed by atoms with E-state index in [0.717, 1.165) is 6.26 Å². The Hall–Kier alpha value is -0.210. The van der Waals surface area contributed by atoms with Gasteiger partial charge in [-0.1, -0.05) is 0 Å². The second-order valence-electron chi connectivity index (χ2n) is 5.34. The largest absolute Gasteiger partial charge is 0.356 e. The molecular formula is C10H21NO5S. The highest BCUT2D eigenvalue weighted by Crippen LogP contribution is 2.25. The van der Waals surface area contributed by atoms with Gasteiger partial charge in [-0.3, -0.25) is 9.50 Å². The van der Waals surface area contributed by atoms with Crippen molar-refractivity contribution in [3.63, 3.8) is 0 Å². The molecule has 0 bridgehead atoms. The van der Waals surface area contributed by atoms with E-state index >= 15 is 0 Å². The Kier molecular flexibility index (Phi) is 4.54. The Balaban J connectivity index is 2.21. The van der Waals surface area contributed by atoms with Crippen molar-refractivity contribution in [1.82, 2.24) is 5.32 Å². The van der Waals surface area contributed by atoms with Gasteiger partial charge >= 0.3 is 0 Å². The molecule has 1 rings (SSSR count). The van der Waals surface area contributed by atoms with Crippen molar-refractivity contribution < 1.29 is 22.4 Å². The summed E-state index contributed by atoms with van der Waals surface area (Å²) in [5.41, 5.74) is -0.432. The SMILES string of the molecule is CC(C)(C)OC(O)NC1CC(OS(C)(=O)=O)C1. The Morgan fingerprint density at radius 1 is 1.35 bits per heavy atom. The smallest absolute Gasteiger partial charge is 0.264 e. The second-order valence-corrected chi connectivity index (χ2v) is 6.94. The van der Waals surface area contributed by atoms with Crippen LogP contribution in [0.5, 0.6) is 0 Å².